The number of benzene rings is 1. The highest BCUT2D eigenvalue weighted by atomic mass is 35.5. The number of thiocarbonyl (C=S) groups is 1. The van der Waals surface area contributed by atoms with Crippen molar-refractivity contribution >= 4 is 28.1 Å². The first-order valence-electron chi connectivity index (χ1n) is 7.55. The molecule has 0 fully saturated rings. The minimum Gasteiger partial charge on any atom is -0.0709 e. The Morgan fingerprint density at radius 3 is 1.29 bits per heavy atom. The standard InChI is InChI=1S/C19H29ClS/c1-17(2,3)12-10-13(18(4,5)6)15(16(20)21)14(11-12)19(7,8)9/h10-11H,1-9H3. The van der Waals surface area contributed by atoms with Crippen LogP contribution in [0.4, 0.5) is 0 Å². The number of hydrogen-bond donors (Lipinski definition) is 0. The van der Waals surface area contributed by atoms with Gasteiger partial charge in [-0.2, -0.15) is 0 Å². The Hall–Kier alpha value is -0.400. The molecule has 0 aliphatic carbocycles. The molecule has 0 aliphatic rings. The molecular formula is C19H29ClS. The zero-order chi connectivity index (χ0) is 16.8. The smallest absolute Gasteiger partial charge is 0.0709 e. The van der Waals surface area contributed by atoms with Crippen molar-refractivity contribution in [2.24, 2.45) is 0 Å². The number of halogens is 1. The first-order valence-corrected chi connectivity index (χ1v) is 8.33. The maximum absolute atomic E-state index is 6.32. The van der Waals surface area contributed by atoms with Crippen LogP contribution in [0.5, 0.6) is 0 Å². The van der Waals surface area contributed by atoms with Crippen molar-refractivity contribution in [1.29, 1.82) is 0 Å². The van der Waals surface area contributed by atoms with Crippen molar-refractivity contribution in [3.05, 3.63) is 34.4 Å². The molecule has 0 amide bonds. The molecule has 118 valence electrons. The van der Waals surface area contributed by atoms with Gasteiger partial charge in [-0.15, -0.1) is 0 Å². The van der Waals surface area contributed by atoms with E-state index in [2.05, 4.69) is 74.4 Å². The van der Waals surface area contributed by atoms with E-state index in [-0.39, 0.29) is 16.2 Å². The van der Waals surface area contributed by atoms with Crippen LogP contribution in [0, 0.1) is 0 Å². The van der Waals surface area contributed by atoms with Crippen LogP contribution in [-0.4, -0.2) is 4.32 Å². The molecule has 1 aromatic carbocycles. The maximum Gasteiger partial charge on any atom is 0.111 e. The van der Waals surface area contributed by atoms with Crippen LogP contribution >= 0.6 is 23.8 Å². The summed E-state index contributed by atoms with van der Waals surface area (Å²) in [4.78, 5) is 0. The van der Waals surface area contributed by atoms with Crippen LogP contribution in [0.3, 0.4) is 0 Å². The van der Waals surface area contributed by atoms with Crippen molar-refractivity contribution in [3.8, 4) is 0 Å². The maximum atomic E-state index is 6.32. The summed E-state index contributed by atoms with van der Waals surface area (Å²) in [7, 11) is 0. The molecule has 0 spiro atoms. The average Bonchev–Trinajstić information content (AvgIpc) is 2.23. The van der Waals surface area contributed by atoms with Gasteiger partial charge in [0.1, 0.15) is 4.32 Å². The van der Waals surface area contributed by atoms with Crippen molar-refractivity contribution in [3.63, 3.8) is 0 Å². The normalized spacial score (nSPS) is 13.4. The zero-order valence-corrected chi connectivity index (χ0v) is 16.5. The van der Waals surface area contributed by atoms with E-state index in [1.165, 1.54) is 16.7 Å². The molecule has 0 radical (unpaired) electrons. The molecule has 0 N–H and O–H groups in total. The van der Waals surface area contributed by atoms with Gasteiger partial charge in [0.25, 0.3) is 0 Å². The van der Waals surface area contributed by atoms with E-state index in [0.717, 1.165) is 5.56 Å². The number of rotatable bonds is 1. The van der Waals surface area contributed by atoms with Gasteiger partial charge >= 0.3 is 0 Å². The SMILES string of the molecule is CC(C)(C)c1cc(C(C)(C)C)c(C(=S)Cl)c(C(C)(C)C)c1. The van der Waals surface area contributed by atoms with Gasteiger partial charge in [-0.3, -0.25) is 0 Å². The Balaban J connectivity index is 3.89. The number of hydrogen-bond acceptors (Lipinski definition) is 1. The van der Waals surface area contributed by atoms with Crippen LogP contribution in [0.1, 0.15) is 84.6 Å². The molecule has 0 bridgehead atoms. The molecule has 1 rings (SSSR count). The highest BCUT2D eigenvalue weighted by Crippen LogP contribution is 2.39. The van der Waals surface area contributed by atoms with E-state index >= 15 is 0 Å². The summed E-state index contributed by atoms with van der Waals surface area (Å²) < 4.78 is 0.477. The summed E-state index contributed by atoms with van der Waals surface area (Å²) in [6.07, 6.45) is 0. The molecule has 0 heterocycles. The van der Waals surface area contributed by atoms with Gasteiger partial charge in [-0.1, -0.05) is 98.3 Å². The Labute approximate surface area is 141 Å². The summed E-state index contributed by atoms with van der Waals surface area (Å²) in [5, 5.41) is 0. The Morgan fingerprint density at radius 2 is 1.10 bits per heavy atom. The van der Waals surface area contributed by atoms with E-state index in [1.807, 2.05) is 0 Å². The molecule has 0 unspecified atom stereocenters. The van der Waals surface area contributed by atoms with E-state index < -0.39 is 0 Å². The summed E-state index contributed by atoms with van der Waals surface area (Å²) in [6.45, 7) is 20.1. The molecule has 0 nitrogen and oxygen atoms in total. The van der Waals surface area contributed by atoms with Crippen molar-refractivity contribution in [2.75, 3.05) is 0 Å². The highest BCUT2D eigenvalue weighted by molar-refractivity contribution is 7.83. The second-order valence-electron chi connectivity index (χ2n) is 8.97. The van der Waals surface area contributed by atoms with Crippen LogP contribution < -0.4 is 0 Å². The average molecular weight is 325 g/mol. The third-order valence-electron chi connectivity index (χ3n) is 3.82. The third kappa shape index (κ3) is 4.29. The predicted molar refractivity (Wildman–Crippen MR) is 100 cm³/mol. The second kappa shape index (κ2) is 5.66. The first-order chi connectivity index (χ1) is 9.15. The van der Waals surface area contributed by atoms with Gasteiger partial charge in [-0.25, -0.2) is 0 Å². The summed E-state index contributed by atoms with van der Waals surface area (Å²) in [5.74, 6) is 0. The summed E-state index contributed by atoms with van der Waals surface area (Å²) >= 11 is 11.7. The molecule has 0 aromatic heterocycles. The monoisotopic (exact) mass is 324 g/mol. The van der Waals surface area contributed by atoms with Gasteiger partial charge in [-0.05, 0) is 32.9 Å². The minimum absolute atomic E-state index is 0.00947. The fourth-order valence-electron chi connectivity index (χ4n) is 2.47. The van der Waals surface area contributed by atoms with Gasteiger partial charge in [0.15, 0.2) is 0 Å². The molecule has 0 aliphatic heterocycles. The van der Waals surface area contributed by atoms with Gasteiger partial charge in [0.2, 0.25) is 0 Å². The molecule has 0 saturated carbocycles. The lowest BCUT2D eigenvalue weighted by Gasteiger charge is -2.33. The predicted octanol–water partition coefficient (Wildman–Crippen LogP) is 6.49. The van der Waals surface area contributed by atoms with Crippen LogP contribution in [0.15, 0.2) is 12.1 Å². The van der Waals surface area contributed by atoms with Gasteiger partial charge in [0, 0.05) is 5.56 Å². The van der Waals surface area contributed by atoms with Crippen LogP contribution in [0.2, 0.25) is 0 Å². The molecule has 2 heteroatoms. The fourth-order valence-corrected chi connectivity index (χ4v) is 2.89. The van der Waals surface area contributed by atoms with Crippen LogP contribution in [-0.2, 0) is 16.2 Å². The fraction of sp³-hybridized carbons (Fsp3) is 0.632. The lowest BCUT2D eigenvalue weighted by atomic mass is 9.72. The zero-order valence-electron chi connectivity index (χ0n) is 14.9. The molecule has 21 heavy (non-hydrogen) atoms. The minimum atomic E-state index is 0.00947. The summed E-state index contributed by atoms with van der Waals surface area (Å²) in [5.41, 5.74) is 5.02. The Morgan fingerprint density at radius 1 is 0.762 bits per heavy atom. The molecule has 0 saturated heterocycles. The van der Waals surface area contributed by atoms with Crippen molar-refractivity contribution in [1.82, 2.24) is 0 Å². The lowest BCUT2D eigenvalue weighted by Crippen LogP contribution is -2.25. The third-order valence-corrected chi connectivity index (χ3v) is 4.21. The Bertz CT molecular complexity index is 513. The summed E-state index contributed by atoms with van der Waals surface area (Å²) in [6, 6.07) is 4.58. The lowest BCUT2D eigenvalue weighted by molar-refractivity contribution is 0.547. The highest BCUT2D eigenvalue weighted by Gasteiger charge is 2.30. The van der Waals surface area contributed by atoms with Crippen LogP contribution in [0.25, 0.3) is 0 Å². The van der Waals surface area contributed by atoms with Gasteiger partial charge < -0.3 is 0 Å². The van der Waals surface area contributed by atoms with E-state index in [0.29, 0.717) is 4.32 Å². The first kappa shape index (κ1) is 18.6. The topological polar surface area (TPSA) is 0 Å². The van der Waals surface area contributed by atoms with Crippen molar-refractivity contribution < 1.29 is 0 Å². The Kier molecular flexibility index (Phi) is 5.03. The largest absolute Gasteiger partial charge is 0.111 e. The molecule has 1 aromatic rings. The van der Waals surface area contributed by atoms with E-state index in [9.17, 15) is 0 Å². The second-order valence-corrected chi connectivity index (χ2v) is 9.98. The molecule has 0 atom stereocenters. The molecular weight excluding hydrogens is 296 g/mol. The van der Waals surface area contributed by atoms with E-state index in [4.69, 9.17) is 23.8 Å². The van der Waals surface area contributed by atoms with E-state index in [1.54, 1.807) is 0 Å². The van der Waals surface area contributed by atoms with Gasteiger partial charge in [0.05, 0.1) is 0 Å². The van der Waals surface area contributed by atoms with Crippen molar-refractivity contribution in [2.45, 2.75) is 78.6 Å². The quantitative estimate of drug-likeness (QED) is 0.420.